The van der Waals surface area contributed by atoms with Gasteiger partial charge in [-0.2, -0.15) is 4.31 Å². The first-order valence-electron chi connectivity index (χ1n) is 13.9. The number of methoxy groups -OCH3 is 1. The van der Waals surface area contributed by atoms with Gasteiger partial charge < -0.3 is 10.1 Å². The van der Waals surface area contributed by atoms with E-state index in [-0.39, 0.29) is 6.04 Å². The number of fused-ring (bicyclic) bond motifs is 1. The number of aryl methyl sites for hydroxylation is 1. The molecule has 0 aliphatic carbocycles. The molecule has 0 radical (unpaired) electrons. The molecule has 2 heterocycles. The average molecular weight is 560 g/mol. The maximum absolute atomic E-state index is 13.3. The van der Waals surface area contributed by atoms with Gasteiger partial charge in [-0.25, -0.2) is 18.4 Å². The molecule has 0 bridgehead atoms. The van der Waals surface area contributed by atoms with Crippen LogP contribution in [-0.2, 0) is 16.4 Å². The first-order valence-corrected chi connectivity index (χ1v) is 15.3. The van der Waals surface area contributed by atoms with Crippen molar-refractivity contribution < 1.29 is 13.2 Å². The Morgan fingerprint density at radius 2 is 1.62 bits per heavy atom. The first-order chi connectivity index (χ1) is 19.4. The second-order valence-corrected chi connectivity index (χ2v) is 12.1. The highest BCUT2D eigenvalue weighted by Gasteiger charge is 2.31. The number of benzene rings is 3. The Bertz CT molecular complexity index is 1550. The number of rotatable bonds is 10. The number of ether oxygens (including phenoxy) is 1. The smallest absolute Gasteiger partial charge is 0.243 e. The zero-order valence-corrected chi connectivity index (χ0v) is 24.2. The second-order valence-electron chi connectivity index (χ2n) is 10.1. The molecule has 1 fully saturated rings. The molecule has 8 nitrogen and oxygen atoms in total. The highest BCUT2D eigenvalue weighted by molar-refractivity contribution is 7.89. The lowest BCUT2D eigenvalue weighted by Crippen LogP contribution is -2.49. The van der Waals surface area contributed by atoms with Crippen molar-refractivity contribution in [2.24, 2.45) is 0 Å². The number of nitrogens with one attached hydrogen (secondary N) is 1. The molecule has 1 aliphatic heterocycles. The van der Waals surface area contributed by atoms with Crippen LogP contribution in [0.15, 0.2) is 77.7 Å². The largest absolute Gasteiger partial charge is 0.495 e. The van der Waals surface area contributed by atoms with Crippen molar-refractivity contribution >= 4 is 32.4 Å². The molecule has 1 aliphatic rings. The summed E-state index contributed by atoms with van der Waals surface area (Å²) in [6.07, 6.45) is 3.19. The van der Waals surface area contributed by atoms with Crippen molar-refractivity contribution in [1.82, 2.24) is 19.2 Å². The maximum atomic E-state index is 13.3. The molecule has 0 saturated carbocycles. The van der Waals surface area contributed by atoms with Crippen molar-refractivity contribution in [3.8, 4) is 5.75 Å². The van der Waals surface area contributed by atoms with E-state index in [0.29, 0.717) is 42.7 Å². The average Bonchev–Trinajstić information content (AvgIpc) is 3.00. The quantitative estimate of drug-likeness (QED) is 0.263. The zero-order chi connectivity index (χ0) is 28.1. The summed E-state index contributed by atoms with van der Waals surface area (Å²) in [4.78, 5) is 12.4. The summed E-state index contributed by atoms with van der Waals surface area (Å²) in [7, 11) is -1.89. The molecule has 5 rings (SSSR count). The van der Waals surface area contributed by atoms with E-state index in [9.17, 15) is 8.42 Å². The Labute approximate surface area is 237 Å². The van der Waals surface area contributed by atoms with Crippen LogP contribution in [0, 0.1) is 0 Å². The first kappa shape index (κ1) is 28.0. The lowest BCUT2D eigenvalue weighted by atomic mass is 10.1. The van der Waals surface area contributed by atoms with Gasteiger partial charge in [-0.3, -0.25) is 4.90 Å². The highest BCUT2D eigenvalue weighted by atomic mass is 32.2. The molecule has 3 aromatic carbocycles. The molecule has 0 unspecified atom stereocenters. The third-order valence-corrected chi connectivity index (χ3v) is 9.47. The Morgan fingerprint density at radius 1 is 0.925 bits per heavy atom. The fourth-order valence-electron chi connectivity index (χ4n) is 5.10. The Balaban J connectivity index is 1.32. The van der Waals surface area contributed by atoms with Crippen LogP contribution >= 0.6 is 0 Å². The summed E-state index contributed by atoms with van der Waals surface area (Å²) in [5.74, 6) is 2.13. The number of aromatic nitrogens is 2. The minimum absolute atomic E-state index is 0.0921. The SMILES string of the molecule is CCCCc1ccc(S(=O)(=O)N2CCN([C@@H](C)c3nc(Nc4ccccc4OC)c4ccccc4n3)CC2)cc1. The van der Waals surface area contributed by atoms with Gasteiger partial charge in [-0.05, 0) is 61.7 Å². The van der Waals surface area contributed by atoms with Crippen LogP contribution in [0.3, 0.4) is 0 Å². The molecule has 210 valence electrons. The summed E-state index contributed by atoms with van der Waals surface area (Å²) in [5.41, 5.74) is 2.85. The molecule has 1 atom stereocenters. The number of nitrogens with zero attached hydrogens (tertiary/aromatic N) is 4. The van der Waals surface area contributed by atoms with Crippen LogP contribution in [0.4, 0.5) is 11.5 Å². The van der Waals surface area contributed by atoms with Crippen LogP contribution in [-0.4, -0.2) is 60.9 Å². The predicted molar refractivity (Wildman–Crippen MR) is 160 cm³/mol. The molecule has 0 amide bonds. The van der Waals surface area contributed by atoms with Gasteiger partial charge in [0.25, 0.3) is 0 Å². The maximum Gasteiger partial charge on any atom is 0.243 e. The fraction of sp³-hybridized carbons (Fsp3) is 0.355. The van der Waals surface area contributed by atoms with Crippen molar-refractivity contribution in [2.45, 2.75) is 44.0 Å². The van der Waals surface area contributed by atoms with Crippen LogP contribution in [0.2, 0.25) is 0 Å². The van der Waals surface area contributed by atoms with Crippen LogP contribution in [0.25, 0.3) is 10.9 Å². The monoisotopic (exact) mass is 559 g/mol. The summed E-state index contributed by atoms with van der Waals surface area (Å²) < 4.78 is 33.8. The summed E-state index contributed by atoms with van der Waals surface area (Å²) in [6, 6.07) is 22.9. The molecule has 0 spiro atoms. The number of unbranched alkanes of at least 4 members (excludes halogenated alkanes) is 1. The van der Waals surface area contributed by atoms with E-state index in [0.717, 1.165) is 41.6 Å². The fourth-order valence-corrected chi connectivity index (χ4v) is 6.53. The minimum atomic E-state index is -3.54. The molecule has 1 aromatic heterocycles. The second kappa shape index (κ2) is 12.3. The zero-order valence-electron chi connectivity index (χ0n) is 23.4. The molecule has 40 heavy (non-hydrogen) atoms. The van der Waals surface area contributed by atoms with Gasteiger partial charge in [0.05, 0.1) is 29.3 Å². The van der Waals surface area contributed by atoms with Gasteiger partial charge in [-0.15, -0.1) is 0 Å². The van der Waals surface area contributed by atoms with Crippen molar-refractivity contribution in [1.29, 1.82) is 0 Å². The van der Waals surface area contributed by atoms with Crippen molar-refractivity contribution in [3.05, 3.63) is 84.2 Å². The van der Waals surface area contributed by atoms with Gasteiger partial charge in [-0.1, -0.05) is 49.7 Å². The van der Waals surface area contributed by atoms with Crippen LogP contribution < -0.4 is 10.1 Å². The molecule has 4 aromatic rings. The van der Waals surface area contributed by atoms with Gasteiger partial charge in [0.1, 0.15) is 17.4 Å². The number of para-hydroxylation sites is 3. The number of anilines is 2. The van der Waals surface area contributed by atoms with E-state index in [1.807, 2.05) is 60.7 Å². The van der Waals surface area contributed by atoms with Gasteiger partial charge in [0, 0.05) is 31.6 Å². The topological polar surface area (TPSA) is 87.7 Å². The summed E-state index contributed by atoms with van der Waals surface area (Å²) in [5, 5.41) is 4.36. The van der Waals surface area contributed by atoms with E-state index in [2.05, 4.69) is 24.1 Å². The van der Waals surface area contributed by atoms with Crippen LogP contribution in [0.1, 0.15) is 44.1 Å². The molecular weight excluding hydrogens is 522 g/mol. The number of sulfonamides is 1. The lowest BCUT2D eigenvalue weighted by Gasteiger charge is -2.37. The van der Waals surface area contributed by atoms with Crippen molar-refractivity contribution in [3.63, 3.8) is 0 Å². The third-order valence-electron chi connectivity index (χ3n) is 7.56. The number of piperazine rings is 1. The Kier molecular flexibility index (Phi) is 8.63. The van der Waals surface area contributed by atoms with E-state index >= 15 is 0 Å². The van der Waals surface area contributed by atoms with E-state index in [4.69, 9.17) is 14.7 Å². The lowest BCUT2D eigenvalue weighted by molar-refractivity contribution is 0.141. The number of hydrogen-bond acceptors (Lipinski definition) is 7. The molecular formula is C31H37N5O3S. The standard InChI is InChI=1S/C31H37N5O3S/c1-4-5-10-24-15-17-25(18-16-24)40(37,38)36-21-19-35(20-22-36)23(2)30-32-27-12-7-6-11-26(27)31(34-30)33-28-13-8-9-14-29(28)39-3/h6-9,11-18,23H,4-5,10,19-22H2,1-3H3,(H,32,33,34)/t23-/m0/s1. The number of hydrogen-bond donors (Lipinski definition) is 1. The summed E-state index contributed by atoms with van der Waals surface area (Å²) in [6.45, 7) is 6.27. The van der Waals surface area contributed by atoms with E-state index in [1.165, 1.54) is 5.56 Å². The predicted octanol–water partition coefficient (Wildman–Crippen LogP) is 5.79. The minimum Gasteiger partial charge on any atom is -0.495 e. The third kappa shape index (κ3) is 5.96. The van der Waals surface area contributed by atoms with Crippen molar-refractivity contribution in [2.75, 3.05) is 38.6 Å². The van der Waals surface area contributed by atoms with E-state index < -0.39 is 10.0 Å². The van der Waals surface area contributed by atoms with E-state index in [1.54, 1.807) is 23.5 Å². The Hall–Kier alpha value is -3.53. The van der Waals surface area contributed by atoms with Crippen LogP contribution in [0.5, 0.6) is 5.75 Å². The van der Waals surface area contributed by atoms with Gasteiger partial charge in [0.2, 0.25) is 10.0 Å². The van der Waals surface area contributed by atoms with Gasteiger partial charge in [0.15, 0.2) is 0 Å². The molecule has 1 saturated heterocycles. The van der Waals surface area contributed by atoms with Gasteiger partial charge >= 0.3 is 0 Å². The summed E-state index contributed by atoms with van der Waals surface area (Å²) >= 11 is 0. The normalized spacial score (nSPS) is 15.7. The highest BCUT2D eigenvalue weighted by Crippen LogP contribution is 2.31. The Morgan fingerprint density at radius 3 is 2.35 bits per heavy atom. The molecule has 9 heteroatoms. The molecule has 1 N–H and O–H groups in total.